The van der Waals surface area contributed by atoms with Crippen molar-refractivity contribution in [3.8, 4) is 5.69 Å². The number of aromatic nitrogens is 4. The number of rotatable bonds is 4. The number of carbonyl (C=O) groups excluding carboxylic acids is 1. The number of thioether (sulfide) groups is 1. The molecule has 0 spiro atoms. The Balaban J connectivity index is 1.70. The maximum absolute atomic E-state index is 12.6. The van der Waals surface area contributed by atoms with Gasteiger partial charge in [0.15, 0.2) is 0 Å². The van der Waals surface area contributed by atoms with Crippen LogP contribution in [0.15, 0.2) is 23.4 Å². The number of benzene rings is 1. The number of tetrazole rings is 1. The number of amides is 1. The maximum atomic E-state index is 12.6. The molecular formula is C18H25N5OS. The van der Waals surface area contributed by atoms with E-state index in [1.54, 1.807) is 4.68 Å². The van der Waals surface area contributed by atoms with E-state index in [4.69, 9.17) is 0 Å². The molecule has 0 aliphatic carbocycles. The first kappa shape index (κ1) is 17.9. The van der Waals surface area contributed by atoms with Gasteiger partial charge in [0.2, 0.25) is 11.1 Å². The zero-order valence-corrected chi connectivity index (χ0v) is 16.1. The molecule has 1 aliphatic rings. The summed E-state index contributed by atoms with van der Waals surface area (Å²) in [4.78, 5) is 14.6. The molecule has 1 aromatic carbocycles. The van der Waals surface area contributed by atoms with E-state index < -0.39 is 0 Å². The Bertz CT molecular complexity index is 750. The van der Waals surface area contributed by atoms with Gasteiger partial charge in [0, 0.05) is 13.1 Å². The fourth-order valence-corrected chi connectivity index (χ4v) is 4.24. The molecule has 2 heterocycles. The molecule has 0 bridgehead atoms. The predicted octanol–water partition coefficient (Wildman–Crippen LogP) is 2.88. The second-order valence-corrected chi connectivity index (χ2v) is 8.14. The fraction of sp³-hybridized carbons (Fsp3) is 0.556. The third kappa shape index (κ3) is 4.21. The van der Waals surface area contributed by atoms with Crippen LogP contribution in [0.2, 0.25) is 0 Å². The fourth-order valence-electron chi connectivity index (χ4n) is 3.45. The Kier molecular flexibility index (Phi) is 5.42. The average molecular weight is 359 g/mol. The van der Waals surface area contributed by atoms with Crippen molar-refractivity contribution in [2.45, 2.75) is 39.3 Å². The topological polar surface area (TPSA) is 63.9 Å². The van der Waals surface area contributed by atoms with Crippen molar-refractivity contribution in [3.05, 3.63) is 29.3 Å². The third-order valence-corrected chi connectivity index (χ3v) is 5.48. The summed E-state index contributed by atoms with van der Waals surface area (Å²) >= 11 is 1.40. The zero-order valence-electron chi connectivity index (χ0n) is 15.3. The van der Waals surface area contributed by atoms with Crippen LogP contribution < -0.4 is 0 Å². The molecule has 0 saturated carbocycles. The van der Waals surface area contributed by atoms with Crippen LogP contribution in [0, 0.1) is 25.7 Å². The highest BCUT2D eigenvalue weighted by Gasteiger charge is 2.25. The quantitative estimate of drug-likeness (QED) is 0.786. The van der Waals surface area contributed by atoms with Crippen LogP contribution in [0.5, 0.6) is 0 Å². The summed E-state index contributed by atoms with van der Waals surface area (Å²) in [6.07, 6.45) is 1.20. The number of hydrogen-bond donors (Lipinski definition) is 0. The minimum absolute atomic E-state index is 0.166. The SMILES string of the molecule is Cc1ccc(C)c(-n2nnnc2SCC(=O)N2C[C@@H](C)C[C@H](C)C2)c1. The first-order valence-corrected chi connectivity index (χ1v) is 9.69. The van der Waals surface area contributed by atoms with Crippen LogP contribution in [0.4, 0.5) is 0 Å². The largest absolute Gasteiger partial charge is 0.341 e. The van der Waals surface area contributed by atoms with Crippen LogP contribution in [-0.4, -0.2) is 49.9 Å². The van der Waals surface area contributed by atoms with E-state index in [0.29, 0.717) is 22.7 Å². The summed E-state index contributed by atoms with van der Waals surface area (Å²) in [6, 6.07) is 6.19. The minimum Gasteiger partial charge on any atom is -0.341 e. The van der Waals surface area contributed by atoms with Gasteiger partial charge in [-0.15, -0.1) is 5.10 Å². The van der Waals surface area contributed by atoms with Gasteiger partial charge >= 0.3 is 0 Å². The lowest BCUT2D eigenvalue weighted by molar-refractivity contribution is -0.130. The van der Waals surface area contributed by atoms with Crippen molar-refractivity contribution in [1.29, 1.82) is 0 Å². The van der Waals surface area contributed by atoms with Gasteiger partial charge in [0.1, 0.15) is 0 Å². The van der Waals surface area contributed by atoms with Gasteiger partial charge in [-0.1, -0.05) is 37.7 Å². The second kappa shape index (κ2) is 7.56. The Labute approximate surface area is 153 Å². The van der Waals surface area contributed by atoms with E-state index in [1.807, 2.05) is 18.7 Å². The van der Waals surface area contributed by atoms with Gasteiger partial charge in [0.25, 0.3) is 0 Å². The van der Waals surface area contributed by atoms with Gasteiger partial charge in [-0.05, 0) is 59.7 Å². The molecule has 2 aromatic rings. The van der Waals surface area contributed by atoms with Crippen LogP contribution in [-0.2, 0) is 4.79 Å². The normalized spacial score (nSPS) is 20.7. The predicted molar refractivity (Wildman–Crippen MR) is 98.9 cm³/mol. The molecule has 1 aliphatic heterocycles. The molecule has 1 aromatic heterocycles. The highest BCUT2D eigenvalue weighted by Crippen LogP contribution is 2.24. The summed E-state index contributed by atoms with van der Waals surface area (Å²) in [7, 11) is 0. The van der Waals surface area contributed by atoms with E-state index in [2.05, 4.69) is 47.6 Å². The molecule has 134 valence electrons. The Morgan fingerprint density at radius 2 is 1.96 bits per heavy atom. The lowest BCUT2D eigenvalue weighted by Gasteiger charge is -2.34. The molecular weight excluding hydrogens is 334 g/mol. The van der Waals surface area contributed by atoms with Crippen LogP contribution >= 0.6 is 11.8 Å². The minimum atomic E-state index is 0.166. The van der Waals surface area contributed by atoms with Crippen molar-refractivity contribution < 1.29 is 4.79 Å². The van der Waals surface area contributed by atoms with Crippen molar-refractivity contribution >= 4 is 17.7 Å². The van der Waals surface area contributed by atoms with Crippen molar-refractivity contribution in [1.82, 2.24) is 25.1 Å². The smallest absolute Gasteiger partial charge is 0.233 e. The summed E-state index contributed by atoms with van der Waals surface area (Å²) in [5.41, 5.74) is 3.21. The lowest BCUT2D eigenvalue weighted by Crippen LogP contribution is -2.43. The molecule has 7 heteroatoms. The number of hydrogen-bond acceptors (Lipinski definition) is 5. The van der Waals surface area contributed by atoms with Crippen molar-refractivity contribution in [3.63, 3.8) is 0 Å². The van der Waals surface area contributed by atoms with Crippen molar-refractivity contribution in [2.24, 2.45) is 11.8 Å². The van der Waals surface area contributed by atoms with Gasteiger partial charge < -0.3 is 4.90 Å². The molecule has 2 atom stereocenters. The van der Waals surface area contributed by atoms with E-state index in [9.17, 15) is 4.79 Å². The molecule has 1 amide bonds. The van der Waals surface area contributed by atoms with Gasteiger partial charge in [-0.3, -0.25) is 4.79 Å². The van der Waals surface area contributed by atoms with Crippen LogP contribution in [0.3, 0.4) is 0 Å². The van der Waals surface area contributed by atoms with E-state index >= 15 is 0 Å². The summed E-state index contributed by atoms with van der Waals surface area (Å²) < 4.78 is 1.72. The van der Waals surface area contributed by atoms with E-state index in [0.717, 1.165) is 29.9 Å². The second-order valence-electron chi connectivity index (χ2n) is 7.20. The molecule has 0 unspecified atom stereocenters. The molecule has 0 radical (unpaired) electrons. The average Bonchev–Trinajstić information content (AvgIpc) is 3.02. The number of piperidine rings is 1. The summed E-state index contributed by atoms with van der Waals surface area (Å²) in [5, 5.41) is 12.7. The first-order chi connectivity index (χ1) is 11.9. The molecule has 0 N–H and O–H groups in total. The maximum Gasteiger partial charge on any atom is 0.233 e. The summed E-state index contributed by atoms with van der Waals surface area (Å²) in [6.45, 7) is 10.2. The Morgan fingerprint density at radius 1 is 1.24 bits per heavy atom. The number of likely N-dealkylation sites (tertiary alicyclic amines) is 1. The molecule has 1 fully saturated rings. The Hall–Kier alpha value is -1.89. The number of aryl methyl sites for hydroxylation is 2. The highest BCUT2D eigenvalue weighted by molar-refractivity contribution is 7.99. The van der Waals surface area contributed by atoms with Gasteiger partial charge in [-0.2, -0.15) is 4.68 Å². The third-order valence-electron chi connectivity index (χ3n) is 4.58. The molecule has 25 heavy (non-hydrogen) atoms. The number of nitrogens with zero attached hydrogens (tertiary/aromatic N) is 5. The molecule has 3 rings (SSSR count). The monoisotopic (exact) mass is 359 g/mol. The number of carbonyl (C=O) groups is 1. The van der Waals surface area contributed by atoms with Crippen LogP contribution in [0.25, 0.3) is 5.69 Å². The summed E-state index contributed by atoms with van der Waals surface area (Å²) in [5.74, 6) is 1.67. The highest BCUT2D eigenvalue weighted by atomic mass is 32.2. The molecule has 6 nitrogen and oxygen atoms in total. The lowest BCUT2D eigenvalue weighted by atomic mass is 9.92. The van der Waals surface area contributed by atoms with Crippen LogP contribution in [0.1, 0.15) is 31.4 Å². The van der Waals surface area contributed by atoms with E-state index in [-0.39, 0.29) is 5.91 Å². The Morgan fingerprint density at radius 3 is 2.68 bits per heavy atom. The van der Waals surface area contributed by atoms with Gasteiger partial charge in [-0.25, -0.2) is 0 Å². The first-order valence-electron chi connectivity index (χ1n) is 8.70. The molecule has 1 saturated heterocycles. The van der Waals surface area contributed by atoms with Crippen molar-refractivity contribution in [2.75, 3.05) is 18.8 Å². The van der Waals surface area contributed by atoms with E-state index in [1.165, 1.54) is 18.2 Å². The van der Waals surface area contributed by atoms with Gasteiger partial charge in [0.05, 0.1) is 11.4 Å². The zero-order chi connectivity index (χ0) is 18.0. The standard InChI is InChI=1S/C18H25N5OS/c1-12-5-6-15(4)16(8-12)23-18(19-20-21-23)25-11-17(24)22-9-13(2)7-14(3)10-22/h5-6,8,13-14H,7,9-11H2,1-4H3/t13-,14-/m0/s1.